The monoisotopic (exact) mass is 448 g/mol. The van der Waals surface area contributed by atoms with Crippen molar-refractivity contribution in [1.82, 2.24) is 0 Å². The molecular weight excluding hydrogens is 430 g/mol. The van der Waals surface area contributed by atoms with Gasteiger partial charge in [0.1, 0.15) is 11.6 Å². The molecule has 0 saturated carbocycles. The second kappa shape index (κ2) is 9.61. The maximum atomic E-state index is 14.5. The molecule has 1 aliphatic rings. The highest BCUT2D eigenvalue weighted by atomic mass is 19.3. The molecule has 3 rings (SSSR count). The number of ether oxygens (including phenoxy) is 4. The van der Waals surface area contributed by atoms with Crippen molar-refractivity contribution in [3.05, 3.63) is 71.5 Å². The van der Waals surface area contributed by atoms with Crippen molar-refractivity contribution in [3.8, 4) is 11.5 Å². The van der Waals surface area contributed by atoms with Crippen molar-refractivity contribution in [3.63, 3.8) is 0 Å². The average Bonchev–Trinajstić information content (AvgIpc) is 2.72. The lowest BCUT2D eigenvalue weighted by atomic mass is 10.1. The van der Waals surface area contributed by atoms with Gasteiger partial charge in [0, 0.05) is 17.5 Å². The van der Waals surface area contributed by atoms with Gasteiger partial charge in [-0.15, -0.1) is 0 Å². The summed E-state index contributed by atoms with van der Waals surface area (Å²) >= 11 is 0. The molecule has 0 radical (unpaired) electrons. The molecule has 0 unspecified atom stereocenters. The van der Waals surface area contributed by atoms with E-state index in [2.05, 4.69) is 9.47 Å². The first-order valence-corrected chi connectivity index (χ1v) is 9.27. The van der Waals surface area contributed by atoms with Gasteiger partial charge in [-0.2, -0.15) is 17.6 Å². The fourth-order valence-corrected chi connectivity index (χ4v) is 2.84. The number of benzene rings is 2. The van der Waals surface area contributed by atoms with E-state index in [0.717, 1.165) is 30.7 Å². The Labute approximate surface area is 174 Å². The summed E-state index contributed by atoms with van der Waals surface area (Å²) in [4.78, 5) is 0. The molecule has 168 valence electrons. The molecule has 2 aromatic rings. The predicted octanol–water partition coefficient (Wildman–Crippen LogP) is 6.28. The third kappa shape index (κ3) is 5.71. The van der Waals surface area contributed by atoms with Crippen LogP contribution in [0.4, 0.5) is 26.3 Å². The molecule has 0 bridgehead atoms. The number of rotatable bonds is 7. The SMILES string of the molecule is CCC1COC(c2ccc(C(F)(F)Oc3ccc(OC=C(F)F)c(F)c3)c(F)c2)OC1. The van der Waals surface area contributed by atoms with Crippen molar-refractivity contribution in [1.29, 1.82) is 0 Å². The molecule has 1 fully saturated rings. The van der Waals surface area contributed by atoms with E-state index in [1.807, 2.05) is 6.92 Å². The average molecular weight is 448 g/mol. The zero-order chi connectivity index (χ0) is 22.6. The highest BCUT2D eigenvalue weighted by molar-refractivity contribution is 5.35. The molecule has 0 aliphatic carbocycles. The van der Waals surface area contributed by atoms with E-state index < -0.39 is 47.2 Å². The van der Waals surface area contributed by atoms with Crippen LogP contribution in [-0.4, -0.2) is 13.2 Å². The minimum absolute atomic E-state index is 0.00732. The Hall–Kier alpha value is -2.72. The topological polar surface area (TPSA) is 36.9 Å². The van der Waals surface area contributed by atoms with Gasteiger partial charge >= 0.3 is 12.2 Å². The van der Waals surface area contributed by atoms with E-state index in [0.29, 0.717) is 19.3 Å². The number of halogens is 6. The summed E-state index contributed by atoms with van der Waals surface area (Å²) in [5, 5.41) is 0. The van der Waals surface area contributed by atoms with Crippen LogP contribution >= 0.6 is 0 Å². The standard InChI is InChI=1S/C21H18F6O4/c1-2-12-9-29-20(30-10-12)13-3-5-15(16(22)7-13)21(26,27)31-14-4-6-18(17(23)8-14)28-11-19(24)25/h3-8,11-12,20H,2,9-10H2,1H3. The maximum absolute atomic E-state index is 14.5. The smallest absolute Gasteiger partial charge is 0.429 e. The van der Waals surface area contributed by atoms with Crippen LogP contribution in [0.2, 0.25) is 0 Å². The van der Waals surface area contributed by atoms with Crippen molar-refractivity contribution in [2.45, 2.75) is 25.7 Å². The van der Waals surface area contributed by atoms with Gasteiger partial charge in [-0.05, 0) is 30.7 Å². The van der Waals surface area contributed by atoms with Crippen molar-refractivity contribution in [2.75, 3.05) is 13.2 Å². The molecular formula is C21H18F6O4. The first-order valence-electron chi connectivity index (χ1n) is 9.27. The number of hydrogen-bond donors (Lipinski definition) is 0. The Morgan fingerprint density at radius 3 is 2.35 bits per heavy atom. The van der Waals surface area contributed by atoms with Crippen LogP contribution in [0.5, 0.6) is 11.5 Å². The van der Waals surface area contributed by atoms with E-state index in [1.165, 1.54) is 6.07 Å². The number of hydrogen-bond acceptors (Lipinski definition) is 4. The highest BCUT2D eigenvalue weighted by Gasteiger charge is 2.38. The summed E-state index contributed by atoms with van der Waals surface area (Å²) in [7, 11) is 0. The van der Waals surface area contributed by atoms with Gasteiger partial charge in [-0.3, -0.25) is 0 Å². The van der Waals surface area contributed by atoms with E-state index in [4.69, 9.17) is 9.47 Å². The van der Waals surface area contributed by atoms with Crippen molar-refractivity contribution in [2.24, 2.45) is 5.92 Å². The van der Waals surface area contributed by atoms with Gasteiger partial charge in [0.05, 0.1) is 18.8 Å². The molecule has 0 N–H and O–H groups in total. The Morgan fingerprint density at radius 2 is 1.77 bits per heavy atom. The second-order valence-corrected chi connectivity index (χ2v) is 6.75. The Kier molecular flexibility index (Phi) is 7.11. The second-order valence-electron chi connectivity index (χ2n) is 6.75. The fourth-order valence-electron chi connectivity index (χ4n) is 2.84. The predicted molar refractivity (Wildman–Crippen MR) is 96.7 cm³/mol. The minimum atomic E-state index is -4.15. The summed E-state index contributed by atoms with van der Waals surface area (Å²) in [6.07, 6.45) is -6.39. The summed E-state index contributed by atoms with van der Waals surface area (Å²) in [6, 6.07) is 5.11. The summed E-state index contributed by atoms with van der Waals surface area (Å²) in [6.45, 7) is 2.79. The van der Waals surface area contributed by atoms with Gasteiger partial charge in [-0.1, -0.05) is 13.0 Å². The molecule has 2 aromatic carbocycles. The third-order valence-electron chi connectivity index (χ3n) is 4.55. The maximum Gasteiger partial charge on any atom is 0.429 e. The Balaban J connectivity index is 1.73. The molecule has 4 nitrogen and oxygen atoms in total. The molecule has 10 heteroatoms. The van der Waals surface area contributed by atoms with Crippen LogP contribution in [-0.2, 0) is 15.6 Å². The van der Waals surface area contributed by atoms with Crippen LogP contribution < -0.4 is 9.47 Å². The molecule has 1 saturated heterocycles. The molecule has 1 aliphatic heterocycles. The third-order valence-corrected chi connectivity index (χ3v) is 4.55. The summed E-state index contributed by atoms with van der Waals surface area (Å²) < 4.78 is 101. The lowest BCUT2D eigenvalue weighted by molar-refractivity contribution is -0.205. The van der Waals surface area contributed by atoms with Gasteiger partial charge in [-0.25, -0.2) is 8.78 Å². The van der Waals surface area contributed by atoms with Gasteiger partial charge in [0.2, 0.25) is 0 Å². The van der Waals surface area contributed by atoms with E-state index in [-0.39, 0.29) is 17.7 Å². The zero-order valence-corrected chi connectivity index (χ0v) is 16.2. The molecule has 31 heavy (non-hydrogen) atoms. The lowest BCUT2D eigenvalue weighted by Crippen LogP contribution is -2.27. The van der Waals surface area contributed by atoms with E-state index >= 15 is 0 Å². The highest BCUT2D eigenvalue weighted by Crippen LogP contribution is 2.36. The van der Waals surface area contributed by atoms with Crippen LogP contribution in [0.3, 0.4) is 0 Å². The van der Waals surface area contributed by atoms with Crippen LogP contribution in [0.25, 0.3) is 0 Å². The minimum Gasteiger partial charge on any atom is -0.456 e. The van der Waals surface area contributed by atoms with Crippen LogP contribution in [0, 0.1) is 17.6 Å². The largest absolute Gasteiger partial charge is 0.456 e. The first-order chi connectivity index (χ1) is 14.7. The molecule has 0 spiro atoms. The van der Waals surface area contributed by atoms with Gasteiger partial charge in [0.15, 0.2) is 24.1 Å². The molecule has 1 heterocycles. The quantitative estimate of drug-likeness (QED) is 0.369. The fraction of sp³-hybridized carbons (Fsp3) is 0.333. The van der Waals surface area contributed by atoms with Crippen LogP contribution in [0.1, 0.15) is 30.8 Å². The Bertz CT molecular complexity index is 937. The van der Waals surface area contributed by atoms with Crippen LogP contribution in [0.15, 0.2) is 48.7 Å². The summed E-state index contributed by atoms with van der Waals surface area (Å²) in [5.41, 5.74) is -0.853. The normalized spacial score (nSPS) is 19.1. The van der Waals surface area contributed by atoms with E-state index in [1.54, 1.807) is 0 Å². The Morgan fingerprint density at radius 1 is 1.06 bits per heavy atom. The van der Waals surface area contributed by atoms with E-state index in [9.17, 15) is 26.3 Å². The van der Waals surface area contributed by atoms with Gasteiger partial charge < -0.3 is 18.9 Å². The van der Waals surface area contributed by atoms with Crippen molar-refractivity contribution >= 4 is 0 Å². The molecule has 0 atom stereocenters. The summed E-state index contributed by atoms with van der Waals surface area (Å²) in [5.74, 6) is -3.57. The first kappa shape index (κ1) is 23.0. The van der Waals surface area contributed by atoms with Gasteiger partial charge in [0.25, 0.3) is 0 Å². The zero-order valence-electron chi connectivity index (χ0n) is 16.2. The molecule has 0 aromatic heterocycles. The lowest BCUT2D eigenvalue weighted by Gasteiger charge is -2.29. The molecule has 0 amide bonds. The number of alkyl halides is 2. The van der Waals surface area contributed by atoms with Crippen molar-refractivity contribution < 1.29 is 45.3 Å².